The van der Waals surface area contributed by atoms with E-state index in [0.29, 0.717) is 29.9 Å². The van der Waals surface area contributed by atoms with Gasteiger partial charge in [0.2, 0.25) is 5.95 Å². The number of nitrogens with one attached hydrogen (secondary N) is 1. The van der Waals surface area contributed by atoms with Crippen molar-refractivity contribution in [2.24, 2.45) is 0 Å². The Labute approximate surface area is 179 Å². The van der Waals surface area contributed by atoms with Gasteiger partial charge in [0.1, 0.15) is 16.5 Å². The van der Waals surface area contributed by atoms with Gasteiger partial charge in [0.25, 0.3) is 0 Å². The monoisotopic (exact) mass is 428 g/mol. The summed E-state index contributed by atoms with van der Waals surface area (Å²) < 4.78 is 12.6. The molecule has 2 aliphatic heterocycles. The molecule has 1 atom stereocenters. The van der Waals surface area contributed by atoms with Crippen molar-refractivity contribution < 1.29 is 9.32 Å². The third-order valence-electron chi connectivity index (χ3n) is 6.62. The average Bonchev–Trinajstić information content (AvgIpc) is 3.12. The van der Waals surface area contributed by atoms with Gasteiger partial charge in [-0.3, -0.25) is 4.21 Å². The number of nitrogens with zero attached hydrogens (tertiary/aromatic N) is 5. The third kappa shape index (κ3) is 3.58. The normalized spacial score (nSPS) is 23.1. The van der Waals surface area contributed by atoms with Crippen LogP contribution in [-0.2, 0) is 17.2 Å². The van der Waals surface area contributed by atoms with E-state index in [0.717, 1.165) is 67.2 Å². The predicted molar refractivity (Wildman–Crippen MR) is 115 cm³/mol. The molecule has 30 heavy (non-hydrogen) atoms. The zero-order valence-electron chi connectivity index (χ0n) is 17.3. The maximum absolute atomic E-state index is 12.6. The van der Waals surface area contributed by atoms with Crippen molar-refractivity contribution in [1.29, 1.82) is 0 Å². The van der Waals surface area contributed by atoms with Crippen LogP contribution in [0.15, 0.2) is 17.3 Å². The first-order valence-corrected chi connectivity index (χ1v) is 12.1. The molecule has 8 nitrogen and oxygen atoms in total. The summed E-state index contributed by atoms with van der Waals surface area (Å²) in [5.74, 6) is 3.23. The summed E-state index contributed by atoms with van der Waals surface area (Å²) in [5, 5.41) is 13.3. The Morgan fingerprint density at radius 1 is 1.23 bits per heavy atom. The number of hydrogen-bond acceptors (Lipinski definition) is 8. The van der Waals surface area contributed by atoms with Gasteiger partial charge in [-0.05, 0) is 44.6 Å². The smallest absolute Gasteiger partial charge is 0.227 e. The summed E-state index contributed by atoms with van der Waals surface area (Å²) in [5.41, 5.74) is 1.63. The Morgan fingerprint density at radius 3 is 2.60 bits per heavy atom. The van der Waals surface area contributed by atoms with Crippen molar-refractivity contribution in [3.8, 4) is 0 Å². The molecule has 0 spiro atoms. The molecule has 0 unspecified atom stereocenters. The van der Waals surface area contributed by atoms with Crippen LogP contribution < -0.4 is 10.2 Å². The van der Waals surface area contributed by atoms with Crippen molar-refractivity contribution in [3.05, 3.63) is 29.5 Å². The van der Waals surface area contributed by atoms with E-state index in [4.69, 9.17) is 9.97 Å². The van der Waals surface area contributed by atoms with Crippen LogP contribution >= 0.6 is 0 Å². The van der Waals surface area contributed by atoms with E-state index >= 15 is 0 Å². The fraction of sp³-hybridized carbons (Fsp3) is 0.619. The topological polar surface area (TPSA) is 104 Å². The van der Waals surface area contributed by atoms with Gasteiger partial charge in [-0.1, -0.05) is 0 Å². The number of aromatic nitrogens is 4. The zero-order valence-corrected chi connectivity index (χ0v) is 18.1. The molecule has 2 aromatic rings. The molecule has 1 aliphatic carbocycles. The number of aryl methyl sites for hydroxylation is 2. The molecule has 0 bridgehead atoms. The quantitative estimate of drug-likeness (QED) is 0.745. The van der Waals surface area contributed by atoms with Crippen molar-refractivity contribution in [1.82, 2.24) is 19.9 Å². The van der Waals surface area contributed by atoms with Gasteiger partial charge in [-0.25, -0.2) is 15.0 Å². The third-order valence-corrected chi connectivity index (χ3v) is 8.08. The van der Waals surface area contributed by atoms with Gasteiger partial charge in [0.15, 0.2) is 0 Å². The number of aliphatic hydroxyl groups is 1. The van der Waals surface area contributed by atoms with E-state index in [1.807, 2.05) is 19.3 Å². The van der Waals surface area contributed by atoms with Gasteiger partial charge in [-0.2, -0.15) is 4.98 Å². The van der Waals surface area contributed by atoms with Crippen molar-refractivity contribution in [2.45, 2.75) is 61.8 Å². The van der Waals surface area contributed by atoms with E-state index < -0.39 is 10.8 Å². The molecule has 2 N–H and O–H groups in total. The number of piperidine rings is 1. The maximum Gasteiger partial charge on any atom is 0.227 e. The fourth-order valence-corrected chi connectivity index (χ4v) is 5.84. The number of aliphatic hydroxyl groups excluding tert-OH is 1. The highest BCUT2D eigenvalue weighted by molar-refractivity contribution is 7.85. The van der Waals surface area contributed by atoms with E-state index in [1.54, 1.807) is 0 Å². The molecule has 9 heteroatoms. The molecule has 2 aromatic heterocycles. The van der Waals surface area contributed by atoms with Crippen LogP contribution in [0.4, 0.5) is 11.8 Å². The van der Waals surface area contributed by atoms with E-state index in [9.17, 15) is 9.32 Å². The van der Waals surface area contributed by atoms with Gasteiger partial charge in [-0.15, -0.1) is 0 Å². The maximum atomic E-state index is 12.6. The van der Waals surface area contributed by atoms with Crippen LogP contribution in [0.5, 0.6) is 0 Å². The SMILES string of the molecule is Cc1cnc(C2CCN(c3nc4c(c(NC5(CO)CCC5)n3)[S@](=O)CC4)CC2)nc1. The van der Waals surface area contributed by atoms with Crippen LogP contribution in [0.25, 0.3) is 0 Å². The first-order valence-electron chi connectivity index (χ1n) is 10.8. The van der Waals surface area contributed by atoms with Crippen LogP contribution in [0.3, 0.4) is 0 Å². The number of rotatable bonds is 5. The largest absolute Gasteiger partial charge is 0.394 e. The highest BCUT2D eigenvalue weighted by atomic mass is 32.2. The lowest BCUT2D eigenvalue weighted by atomic mass is 9.77. The second-order valence-electron chi connectivity index (χ2n) is 8.74. The Kier molecular flexibility index (Phi) is 5.18. The van der Waals surface area contributed by atoms with Crippen LogP contribution in [0.1, 0.15) is 55.1 Å². The van der Waals surface area contributed by atoms with Crippen molar-refractivity contribution in [2.75, 3.05) is 35.7 Å². The molecule has 160 valence electrons. The Morgan fingerprint density at radius 2 is 1.97 bits per heavy atom. The minimum absolute atomic E-state index is 0.0652. The van der Waals surface area contributed by atoms with Gasteiger partial charge in [0, 0.05) is 43.6 Å². The Hall–Kier alpha value is -2.13. The molecule has 5 rings (SSSR count). The minimum Gasteiger partial charge on any atom is -0.394 e. The summed E-state index contributed by atoms with van der Waals surface area (Å²) in [6, 6.07) is 0. The highest BCUT2D eigenvalue weighted by Crippen LogP contribution is 2.38. The molecular formula is C21H28N6O2S. The summed E-state index contributed by atoms with van der Waals surface area (Å²) in [6.07, 6.45) is 9.30. The Bertz CT molecular complexity index is 949. The summed E-state index contributed by atoms with van der Waals surface area (Å²) in [6.45, 7) is 3.75. The number of fused-ring (bicyclic) bond motifs is 1. The molecule has 3 aliphatic rings. The Balaban J connectivity index is 1.37. The summed E-state index contributed by atoms with van der Waals surface area (Å²) >= 11 is 0. The van der Waals surface area contributed by atoms with E-state index in [2.05, 4.69) is 20.2 Å². The lowest BCUT2D eigenvalue weighted by Gasteiger charge is -2.42. The van der Waals surface area contributed by atoms with Crippen LogP contribution in [0.2, 0.25) is 0 Å². The van der Waals surface area contributed by atoms with E-state index in [1.165, 1.54) is 0 Å². The lowest BCUT2D eigenvalue weighted by molar-refractivity contribution is 0.143. The lowest BCUT2D eigenvalue weighted by Crippen LogP contribution is -2.48. The second kappa shape index (κ2) is 7.85. The molecule has 0 amide bonds. The van der Waals surface area contributed by atoms with Crippen LogP contribution in [0, 0.1) is 6.92 Å². The average molecular weight is 429 g/mol. The second-order valence-corrected chi connectivity index (χ2v) is 10.3. The molecular weight excluding hydrogens is 400 g/mol. The summed E-state index contributed by atoms with van der Waals surface area (Å²) in [7, 11) is -1.07. The minimum atomic E-state index is -1.07. The van der Waals surface area contributed by atoms with E-state index in [-0.39, 0.29) is 12.1 Å². The molecule has 2 fully saturated rings. The number of hydrogen-bond donors (Lipinski definition) is 2. The van der Waals surface area contributed by atoms with Gasteiger partial charge in [0.05, 0.1) is 28.6 Å². The summed E-state index contributed by atoms with van der Waals surface area (Å²) in [4.78, 5) is 21.6. The van der Waals surface area contributed by atoms with Crippen molar-refractivity contribution >= 4 is 22.6 Å². The highest BCUT2D eigenvalue weighted by Gasteiger charge is 2.39. The number of anilines is 2. The standard InChI is InChI=1S/C21H28N6O2S/c1-14-11-22-18(23-12-14)15-3-8-27(9-4-15)20-24-16-5-10-30(29)17(16)19(25-20)26-21(13-28)6-2-7-21/h11-12,15,28H,2-10,13H2,1H3,(H,24,25,26)/t30-/m1/s1. The van der Waals surface area contributed by atoms with Gasteiger partial charge >= 0.3 is 0 Å². The van der Waals surface area contributed by atoms with Gasteiger partial charge < -0.3 is 15.3 Å². The fourth-order valence-electron chi connectivity index (χ4n) is 4.54. The zero-order chi connectivity index (χ0) is 20.7. The molecule has 1 saturated carbocycles. The molecule has 0 radical (unpaired) electrons. The van der Waals surface area contributed by atoms with Crippen molar-refractivity contribution in [3.63, 3.8) is 0 Å². The first kappa shape index (κ1) is 19.8. The molecule has 4 heterocycles. The predicted octanol–water partition coefficient (Wildman–Crippen LogP) is 1.95. The van der Waals surface area contributed by atoms with Crippen LogP contribution in [-0.4, -0.2) is 60.2 Å². The first-order chi connectivity index (χ1) is 14.6. The molecule has 0 aromatic carbocycles. The molecule has 1 saturated heterocycles.